The highest BCUT2D eigenvalue weighted by atomic mass is 15.2. The third-order valence-corrected chi connectivity index (χ3v) is 5.91. The summed E-state index contributed by atoms with van der Waals surface area (Å²) in [4.78, 5) is 13.6. The quantitative estimate of drug-likeness (QED) is 0.555. The molecule has 3 aromatic rings. The van der Waals surface area contributed by atoms with Crippen LogP contribution >= 0.6 is 0 Å². The fourth-order valence-corrected chi connectivity index (χ4v) is 3.83. The lowest BCUT2D eigenvalue weighted by molar-refractivity contribution is 0.147. The van der Waals surface area contributed by atoms with Crippen LogP contribution in [0, 0.1) is 12.3 Å². The molecule has 6 heteroatoms. The van der Waals surface area contributed by atoms with Crippen molar-refractivity contribution in [2.75, 3.05) is 38.5 Å². The SMILES string of the molecule is C=C(Nc1ccc(CN2CCN(C)CC2)nc1)C(=N)c1cc(-c2cccnc2)ccc1C. The molecule has 1 aromatic carbocycles. The lowest BCUT2D eigenvalue weighted by Crippen LogP contribution is -2.43. The molecule has 1 aliphatic heterocycles. The molecule has 2 aromatic heterocycles. The summed E-state index contributed by atoms with van der Waals surface area (Å²) in [6.45, 7) is 11.3. The lowest BCUT2D eigenvalue weighted by atomic mass is 9.97. The van der Waals surface area contributed by atoms with Gasteiger partial charge in [0.1, 0.15) is 0 Å². The van der Waals surface area contributed by atoms with Crippen molar-refractivity contribution >= 4 is 11.4 Å². The molecule has 0 radical (unpaired) electrons. The first-order chi connectivity index (χ1) is 15.5. The molecule has 0 bridgehead atoms. The maximum atomic E-state index is 8.70. The van der Waals surface area contributed by atoms with Crippen LogP contribution in [-0.4, -0.2) is 58.7 Å². The molecule has 0 unspecified atom stereocenters. The fraction of sp³-hybridized carbons (Fsp3) is 0.269. The first-order valence-corrected chi connectivity index (χ1v) is 10.9. The van der Waals surface area contributed by atoms with Crippen LogP contribution in [0.1, 0.15) is 16.8 Å². The Kier molecular flexibility index (Phi) is 6.73. The van der Waals surface area contributed by atoms with Gasteiger partial charge in [-0.15, -0.1) is 0 Å². The largest absolute Gasteiger partial charge is 0.353 e. The standard InChI is InChI=1S/C26H30N6/c1-19-6-7-21(22-5-4-10-28-16-22)15-25(19)26(27)20(2)30-23-8-9-24(29-17-23)18-32-13-11-31(3)12-14-32/h4-10,15-17,27,30H,2,11-14,18H2,1,3H3. The number of rotatable bonds is 7. The van der Waals surface area contributed by atoms with E-state index in [9.17, 15) is 0 Å². The van der Waals surface area contributed by atoms with E-state index in [1.165, 1.54) is 0 Å². The number of aromatic nitrogens is 2. The second kappa shape index (κ2) is 9.85. The highest BCUT2D eigenvalue weighted by Gasteiger charge is 2.15. The number of pyridine rings is 2. The number of likely N-dealkylation sites (N-methyl/N-ethyl adjacent to an activating group) is 1. The number of benzene rings is 1. The van der Waals surface area contributed by atoms with Crippen LogP contribution in [0.5, 0.6) is 0 Å². The average molecular weight is 427 g/mol. The van der Waals surface area contributed by atoms with Crippen LogP contribution in [0.3, 0.4) is 0 Å². The number of piperazine rings is 1. The smallest absolute Gasteiger partial charge is 0.0843 e. The zero-order valence-electron chi connectivity index (χ0n) is 18.8. The van der Waals surface area contributed by atoms with Crippen LogP contribution in [0.2, 0.25) is 0 Å². The zero-order valence-corrected chi connectivity index (χ0v) is 18.8. The molecule has 0 saturated carbocycles. The molecule has 0 spiro atoms. The molecule has 32 heavy (non-hydrogen) atoms. The lowest BCUT2D eigenvalue weighted by Gasteiger charge is -2.32. The normalized spacial score (nSPS) is 14.8. The van der Waals surface area contributed by atoms with Gasteiger partial charge in [0.25, 0.3) is 0 Å². The minimum Gasteiger partial charge on any atom is -0.353 e. The molecule has 1 saturated heterocycles. The Bertz CT molecular complexity index is 1080. The van der Waals surface area contributed by atoms with Crippen molar-refractivity contribution in [1.29, 1.82) is 5.41 Å². The van der Waals surface area contributed by atoms with Gasteiger partial charge < -0.3 is 10.2 Å². The summed E-state index contributed by atoms with van der Waals surface area (Å²) < 4.78 is 0. The predicted octanol–water partition coefficient (Wildman–Crippen LogP) is 4.19. The van der Waals surface area contributed by atoms with Gasteiger partial charge in [0, 0.05) is 56.2 Å². The van der Waals surface area contributed by atoms with E-state index in [1.54, 1.807) is 6.20 Å². The number of nitrogens with one attached hydrogen (secondary N) is 2. The van der Waals surface area contributed by atoms with Crippen LogP contribution < -0.4 is 5.32 Å². The minimum absolute atomic E-state index is 0.370. The van der Waals surface area contributed by atoms with Crippen LogP contribution in [0.4, 0.5) is 5.69 Å². The van der Waals surface area contributed by atoms with E-state index >= 15 is 0 Å². The summed E-state index contributed by atoms with van der Waals surface area (Å²) in [5.74, 6) is 0. The third kappa shape index (κ3) is 5.28. The van der Waals surface area contributed by atoms with Crippen molar-refractivity contribution in [2.24, 2.45) is 0 Å². The first-order valence-electron chi connectivity index (χ1n) is 10.9. The number of anilines is 1. The molecule has 2 N–H and O–H groups in total. The Balaban J connectivity index is 1.41. The number of hydrogen-bond acceptors (Lipinski definition) is 6. The molecule has 1 aliphatic rings. The van der Waals surface area contributed by atoms with Crippen molar-refractivity contribution < 1.29 is 0 Å². The van der Waals surface area contributed by atoms with Crippen LogP contribution in [-0.2, 0) is 6.54 Å². The predicted molar refractivity (Wildman–Crippen MR) is 131 cm³/mol. The van der Waals surface area contributed by atoms with Crippen molar-refractivity contribution in [3.05, 3.63) is 90.2 Å². The average Bonchev–Trinajstić information content (AvgIpc) is 2.82. The van der Waals surface area contributed by atoms with Gasteiger partial charge in [-0.1, -0.05) is 24.8 Å². The Morgan fingerprint density at radius 3 is 2.56 bits per heavy atom. The van der Waals surface area contributed by atoms with Crippen molar-refractivity contribution in [3.8, 4) is 11.1 Å². The molecule has 1 fully saturated rings. The van der Waals surface area contributed by atoms with Crippen molar-refractivity contribution in [2.45, 2.75) is 13.5 Å². The highest BCUT2D eigenvalue weighted by molar-refractivity contribution is 6.13. The molecular weight excluding hydrogens is 396 g/mol. The molecule has 6 nitrogen and oxygen atoms in total. The summed E-state index contributed by atoms with van der Waals surface area (Å²) in [5, 5.41) is 12.0. The Hall–Kier alpha value is -3.35. The van der Waals surface area contributed by atoms with E-state index in [1.807, 2.05) is 55.7 Å². The van der Waals surface area contributed by atoms with Crippen LogP contribution in [0.15, 0.2) is 73.3 Å². The van der Waals surface area contributed by atoms with Gasteiger partial charge in [-0.3, -0.25) is 20.3 Å². The number of hydrogen-bond donors (Lipinski definition) is 2. The summed E-state index contributed by atoms with van der Waals surface area (Å²) in [6.07, 6.45) is 5.42. The summed E-state index contributed by atoms with van der Waals surface area (Å²) in [5.41, 5.74) is 6.75. The number of allylic oxidation sites excluding steroid dienone is 1. The second-order valence-corrected chi connectivity index (χ2v) is 8.37. The molecule has 0 aliphatic carbocycles. The molecule has 164 valence electrons. The van der Waals surface area contributed by atoms with E-state index < -0.39 is 0 Å². The van der Waals surface area contributed by atoms with Gasteiger partial charge in [-0.2, -0.15) is 0 Å². The van der Waals surface area contributed by atoms with Gasteiger partial charge in [0.15, 0.2) is 0 Å². The van der Waals surface area contributed by atoms with E-state index in [-0.39, 0.29) is 0 Å². The Morgan fingerprint density at radius 1 is 1.06 bits per heavy atom. The van der Waals surface area contributed by atoms with Gasteiger partial charge in [-0.25, -0.2) is 0 Å². The number of aryl methyl sites for hydroxylation is 1. The van der Waals surface area contributed by atoms with Gasteiger partial charge >= 0.3 is 0 Å². The number of nitrogens with zero attached hydrogens (tertiary/aromatic N) is 4. The van der Waals surface area contributed by atoms with E-state index in [0.717, 1.165) is 66.4 Å². The zero-order chi connectivity index (χ0) is 22.5. The Labute approximate surface area is 190 Å². The van der Waals surface area contributed by atoms with E-state index in [4.69, 9.17) is 5.41 Å². The van der Waals surface area contributed by atoms with E-state index in [0.29, 0.717) is 11.4 Å². The molecule has 4 rings (SSSR count). The maximum absolute atomic E-state index is 8.70. The third-order valence-electron chi connectivity index (χ3n) is 5.91. The summed E-state index contributed by atoms with van der Waals surface area (Å²) in [7, 11) is 2.16. The summed E-state index contributed by atoms with van der Waals surface area (Å²) in [6, 6.07) is 14.1. The van der Waals surface area contributed by atoms with Gasteiger partial charge in [0.2, 0.25) is 0 Å². The van der Waals surface area contributed by atoms with Gasteiger partial charge in [-0.05, 0) is 49.4 Å². The topological polar surface area (TPSA) is 68.1 Å². The minimum atomic E-state index is 0.370. The highest BCUT2D eigenvalue weighted by Crippen LogP contribution is 2.23. The maximum Gasteiger partial charge on any atom is 0.0843 e. The first kappa shape index (κ1) is 21.9. The fourth-order valence-electron chi connectivity index (χ4n) is 3.83. The van der Waals surface area contributed by atoms with Crippen molar-refractivity contribution in [1.82, 2.24) is 19.8 Å². The van der Waals surface area contributed by atoms with E-state index in [2.05, 4.69) is 44.8 Å². The molecular formula is C26H30N6. The van der Waals surface area contributed by atoms with Crippen molar-refractivity contribution in [3.63, 3.8) is 0 Å². The Morgan fingerprint density at radius 2 is 1.88 bits per heavy atom. The second-order valence-electron chi connectivity index (χ2n) is 8.37. The monoisotopic (exact) mass is 426 g/mol. The van der Waals surface area contributed by atoms with Gasteiger partial charge in [0.05, 0.1) is 29.0 Å². The van der Waals surface area contributed by atoms with Crippen LogP contribution in [0.25, 0.3) is 11.1 Å². The summed E-state index contributed by atoms with van der Waals surface area (Å²) >= 11 is 0. The molecule has 0 atom stereocenters. The molecule has 0 amide bonds. The molecule has 3 heterocycles.